The van der Waals surface area contributed by atoms with Gasteiger partial charge < -0.3 is 15.2 Å². The number of rotatable bonds is 6. The highest BCUT2D eigenvalue weighted by Crippen LogP contribution is 2.33. The second-order valence-electron chi connectivity index (χ2n) is 5.02. The van der Waals surface area contributed by atoms with Crippen LogP contribution in [0.5, 0.6) is 0 Å². The molecule has 2 unspecified atom stereocenters. The topological polar surface area (TPSA) is 139 Å². The molecule has 2 aliphatic rings. The number of esters is 1. The Kier molecular flexibility index (Phi) is 6.03. The average Bonchev–Trinajstić information content (AvgIpc) is 3.11. The monoisotopic (exact) mass is 414 g/mol. The number of carboxylic acid groups (broad SMARTS) is 1. The number of cyclic esters (lactones) is 1. The highest BCUT2D eigenvalue weighted by atomic mass is 35.5. The molecule has 2 amide bonds. The quantitative estimate of drug-likeness (QED) is 0.548. The Morgan fingerprint density at radius 3 is 2.68 bits per heavy atom. The van der Waals surface area contributed by atoms with E-state index >= 15 is 0 Å². The molecule has 0 radical (unpaired) electrons. The van der Waals surface area contributed by atoms with Crippen molar-refractivity contribution in [2.24, 2.45) is 0 Å². The lowest BCUT2D eigenvalue weighted by molar-refractivity contribution is -0.256. The molecule has 0 saturated carbocycles. The first-order valence-corrected chi connectivity index (χ1v) is 8.90. The van der Waals surface area contributed by atoms with Gasteiger partial charge in [-0.1, -0.05) is 23.2 Å². The molecular formula is C12H12Cl2N2O8S. The van der Waals surface area contributed by atoms with Gasteiger partial charge in [0.15, 0.2) is 0 Å². The van der Waals surface area contributed by atoms with E-state index in [1.54, 1.807) is 0 Å². The molecule has 0 aliphatic carbocycles. The summed E-state index contributed by atoms with van der Waals surface area (Å²) in [7, 11) is -1.88. The second-order valence-corrected chi connectivity index (χ2v) is 7.28. The Hall–Kier alpha value is -1.69. The van der Waals surface area contributed by atoms with Crippen LogP contribution in [0.25, 0.3) is 0 Å². The van der Waals surface area contributed by atoms with Gasteiger partial charge in [-0.3, -0.25) is 23.4 Å². The third kappa shape index (κ3) is 3.94. The number of nitrogens with zero attached hydrogens (tertiary/aromatic N) is 1. The number of aliphatic carboxylic acids is 1. The molecule has 138 valence electrons. The van der Waals surface area contributed by atoms with Crippen molar-refractivity contribution in [1.29, 1.82) is 0 Å². The number of ether oxygens (including phenoxy) is 1. The largest absolute Gasteiger partial charge is 0.477 e. The molecule has 25 heavy (non-hydrogen) atoms. The maximum Gasteiger partial charge on any atom is 0.372 e. The van der Waals surface area contributed by atoms with E-state index in [1.807, 2.05) is 0 Å². The molecule has 10 nitrogen and oxygen atoms in total. The van der Waals surface area contributed by atoms with Crippen molar-refractivity contribution in [3.05, 3.63) is 9.90 Å². The Bertz CT molecular complexity index is 684. The van der Waals surface area contributed by atoms with Gasteiger partial charge in [-0.15, -0.1) is 0 Å². The third-order valence-corrected chi connectivity index (χ3v) is 5.54. The van der Waals surface area contributed by atoms with E-state index < -0.39 is 52.1 Å². The van der Waals surface area contributed by atoms with Crippen LogP contribution in [0.15, 0.2) is 9.90 Å². The Morgan fingerprint density at radius 2 is 2.16 bits per heavy atom. The standard InChI is InChI=1S/C12H12Cl2N2O8S/c13-3-7(14)25(22)5-8(17)15-6-4-23-16(10(6)19)12(11(20)21)2-1-9(18)24-12/h3,6H,1-2,4-5H2,(H,15,17)(H,20,21)/b7-3+/t6-,12?,25?/m0/s1. The minimum Gasteiger partial charge on any atom is -0.477 e. The van der Waals surface area contributed by atoms with Crippen LogP contribution in [0.1, 0.15) is 12.8 Å². The van der Waals surface area contributed by atoms with Gasteiger partial charge in [-0.2, -0.15) is 5.06 Å². The fourth-order valence-electron chi connectivity index (χ4n) is 2.23. The average molecular weight is 415 g/mol. The van der Waals surface area contributed by atoms with Gasteiger partial charge in [0.2, 0.25) is 5.91 Å². The van der Waals surface area contributed by atoms with Crippen molar-refractivity contribution in [3.8, 4) is 0 Å². The van der Waals surface area contributed by atoms with E-state index in [2.05, 4.69) is 5.32 Å². The number of carboxylic acids is 1. The van der Waals surface area contributed by atoms with E-state index in [0.29, 0.717) is 5.06 Å². The van der Waals surface area contributed by atoms with Crippen LogP contribution in [0.3, 0.4) is 0 Å². The summed E-state index contributed by atoms with van der Waals surface area (Å²) in [5, 5.41) is 12.0. The van der Waals surface area contributed by atoms with Gasteiger partial charge in [-0.25, -0.2) is 4.79 Å². The smallest absolute Gasteiger partial charge is 0.372 e. The summed E-state index contributed by atoms with van der Waals surface area (Å²) in [5.41, 5.74) is -1.41. The Morgan fingerprint density at radius 1 is 1.48 bits per heavy atom. The number of halogens is 2. The van der Waals surface area contributed by atoms with Crippen LogP contribution < -0.4 is 5.32 Å². The first kappa shape index (κ1) is 19.6. The van der Waals surface area contributed by atoms with Gasteiger partial charge >= 0.3 is 17.7 Å². The fourth-order valence-corrected chi connectivity index (χ4v) is 3.25. The van der Waals surface area contributed by atoms with E-state index in [-0.39, 0.29) is 23.8 Å². The summed E-state index contributed by atoms with van der Waals surface area (Å²) >= 11 is 10.8. The molecule has 2 rings (SSSR count). The van der Waals surface area contributed by atoms with Gasteiger partial charge in [0.05, 0.1) is 17.2 Å². The minimum atomic E-state index is -2.26. The Balaban J connectivity index is 2.04. The molecule has 0 aromatic heterocycles. The number of amides is 2. The second kappa shape index (κ2) is 7.68. The molecule has 2 aliphatic heterocycles. The van der Waals surface area contributed by atoms with Crippen molar-refractivity contribution in [3.63, 3.8) is 0 Å². The van der Waals surface area contributed by atoms with Gasteiger partial charge in [0.25, 0.3) is 5.91 Å². The number of carbonyl (C=O) groups is 4. The molecule has 13 heteroatoms. The zero-order chi connectivity index (χ0) is 18.8. The van der Waals surface area contributed by atoms with Crippen molar-refractivity contribution in [2.75, 3.05) is 12.4 Å². The highest BCUT2D eigenvalue weighted by Gasteiger charge is 2.59. The molecule has 0 spiro atoms. The zero-order valence-corrected chi connectivity index (χ0v) is 14.7. The zero-order valence-electron chi connectivity index (χ0n) is 12.4. The molecule has 2 fully saturated rings. The SMILES string of the molecule is O=C(CS(=O)/C(Cl)=C/Cl)N[C@H]1CON(C2(C(=O)O)CCC(=O)O2)C1=O. The van der Waals surface area contributed by atoms with Gasteiger partial charge in [-0.05, 0) is 0 Å². The minimum absolute atomic E-state index is 0.196. The van der Waals surface area contributed by atoms with E-state index in [9.17, 15) is 28.5 Å². The molecule has 0 bridgehead atoms. The summed E-state index contributed by atoms with van der Waals surface area (Å²) < 4.78 is 16.1. The maximum atomic E-state index is 12.3. The lowest BCUT2D eigenvalue weighted by atomic mass is 10.1. The first-order valence-electron chi connectivity index (χ1n) is 6.77. The normalized spacial score (nSPS) is 28.0. The van der Waals surface area contributed by atoms with Crippen LogP contribution in [0, 0.1) is 0 Å². The molecule has 2 N–H and O–H groups in total. The lowest BCUT2D eigenvalue weighted by Crippen LogP contribution is -2.56. The van der Waals surface area contributed by atoms with Crippen LogP contribution in [0.4, 0.5) is 0 Å². The first-order chi connectivity index (χ1) is 11.7. The molecule has 0 aromatic carbocycles. The van der Waals surface area contributed by atoms with Crippen LogP contribution in [-0.2, 0) is 39.6 Å². The van der Waals surface area contributed by atoms with Crippen molar-refractivity contribution in [1.82, 2.24) is 10.4 Å². The summed E-state index contributed by atoms with van der Waals surface area (Å²) in [5.74, 6) is -4.60. The maximum absolute atomic E-state index is 12.3. The number of carbonyl (C=O) groups excluding carboxylic acids is 3. The molecule has 0 aromatic rings. The van der Waals surface area contributed by atoms with E-state index in [4.69, 9.17) is 32.8 Å². The summed E-state index contributed by atoms with van der Waals surface area (Å²) in [6, 6.07) is -1.22. The van der Waals surface area contributed by atoms with Crippen molar-refractivity contribution < 1.29 is 38.1 Å². The fraction of sp³-hybridized carbons (Fsp3) is 0.500. The summed E-state index contributed by atoms with van der Waals surface area (Å²) in [4.78, 5) is 51.9. The molecular weight excluding hydrogens is 403 g/mol. The summed E-state index contributed by atoms with van der Waals surface area (Å²) in [6.45, 7) is -0.372. The molecule has 2 heterocycles. The number of nitrogens with one attached hydrogen (secondary N) is 1. The van der Waals surface area contributed by atoms with Crippen LogP contribution in [-0.4, -0.2) is 62.3 Å². The predicted octanol–water partition coefficient (Wildman–Crippen LogP) is -0.612. The number of hydrogen-bond acceptors (Lipinski definition) is 7. The van der Waals surface area contributed by atoms with Crippen LogP contribution in [0.2, 0.25) is 0 Å². The molecule has 2 saturated heterocycles. The van der Waals surface area contributed by atoms with Gasteiger partial charge in [0.1, 0.15) is 22.8 Å². The van der Waals surface area contributed by atoms with E-state index in [0.717, 1.165) is 5.54 Å². The van der Waals surface area contributed by atoms with Crippen LogP contribution >= 0.6 is 23.2 Å². The number of hydrogen-bond donors (Lipinski definition) is 2. The predicted molar refractivity (Wildman–Crippen MR) is 83.2 cm³/mol. The van der Waals surface area contributed by atoms with Crippen molar-refractivity contribution in [2.45, 2.75) is 24.6 Å². The lowest BCUT2D eigenvalue weighted by Gasteiger charge is -2.30. The third-order valence-electron chi connectivity index (χ3n) is 3.38. The summed E-state index contributed by atoms with van der Waals surface area (Å²) in [6.07, 6.45) is -0.480. The Labute approximate surface area is 153 Å². The molecule has 3 atom stereocenters. The van der Waals surface area contributed by atoms with E-state index in [1.165, 1.54) is 0 Å². The number of hydroxylamine groups is 2. The highest BCUT2D eigenvalue weighted by molar-refractivity contribution is 7.91. The van der Waals surface area contributed by atoms with Crippen molar-refractivity contribution >= 4 is 57.8 Å². The van der Waals surface area contributed by atoms with Gasteiger partial charge in [0, 0.05) is 12.0 Å².